The van der Waals surface area contributed by atoms with Gasteiger partial charge in [-0.2, -0.15) is 4.31 Å². The Balaban J connectivity index is 2.47. The van der Waals surface area contributed by atoms with E-state index >= 15 is 0 Å². The summed E-state index contributed by atoms with van der Waals surface area (Å²) < 4.78 is 36.5. The molecule has 0 atom stereocenters. The van der Waals surface area contributed by atoms with Gasteiger partial charge >= 0.3 is 0 Å². The number of hydrogen-bond acceptors (Lipinski definition) is 4. The van der Waals surface area contributed by atoms with Crippen LogP contribution in [0.1, 0.15) is 12.8 Å². The first-order valence-corrected chi connectivity index (χ1v) is 7.14. The molecule has 1 aliphatic carbocycles. The highest BCUT2D eigenvalue weighted by Crippen LogP contribution is 2.35. The van der Waals surface area contributed by atoms with Gasteiger partial charge in [0.05, 0.1) is 14.2 Å². The molecule has 100 valence electrons. The molecular formula is C12H17NO4S. The minimum absolute atomic E-state index is 0.117. The number of rotatable bonds is 5. The van der Waals surface area contributed by atoms with E-state index in [2.05, 4.69) is 0 Å². The normalized spacial score (nSPS) is 15.8. The first-order valence-electron chi connectivity index (χ1n) is 5.70. The van der Waals surface area contributed by atoms with Crippen molar-refractivity contribution < 1.29 is 17.9 Å². The molecule has 2 rings (SSSR count). The Labute approximate surface area is 107 Å². The molecule has 0 amide bonds. The predicted octanol–water partition coefficient (Wildman–Crippen LogP) is 1.49. The molecule has 0 bridgehead atoms. The van der Waals surface area contributed by atoms with Crippen molar-refractivity contribution in [2.45, 2.75) is 23.8 Å². The van der Waals surface area contributed by atoms with E-state index in [1.165, 1.54) is 24.6 Å². The third kappa shape index (κ3) is 2.30. The molecule has 1 aromatic rings. The van der Waals surface area contributed by atoms with Crippen molar-refractivity contribution in [3.05, 3.63) is 18.2 Å². The van der Waals surface area contributed by atoms with Crippen LogP contribution in [0, 0.1) is 0 Å². The highest BCUT2D eigenvalue weighted by atomic mass is 32.2. The van der Waals surface area contributed by atoms with Gasteiger partial charge in [-0.1, -0.05) is 0 Å². The lowest BCUT2D eigenvalue weighted by Gasteiger charge is -2.18. The Bertz CT molecular complexity index is 537. The van der Waals surface area contributed by atoms with E-state index in [0.717, 1.165) is 12.8 Å². The molecule has 1 fully saturated rings. The standard InChI is InChI=1S/C12H17NO4S/c1-13(9-4-5-9)18(14,15)12-8-10(16-2)6-7-11(12)17-3/h6-9H,4-5H2,1-3H3. The van der Waals surface area contributed by atoms with Gasteiger partial charge in [-0.15, -0.1) is 0 Å². The van der Waals surface area contributed by atoms with E-state index in [4.69, 9.17) is 9.47 Å². The lowest BCUT2D eigenvalue weighted by molar-refractivity contribution is 0.388. The second-order valence-electron chi connectivity index (χ2n) is 4.27. The molecule has 5 nitrogen and oxygen atoms in total. The molecule has 0 radical (unpaired) electrons. The first kappa shape index (κ1) is 13.2. The zero-order chi connectivity index (χ0) is 13.3. The fourth-order valence-electron chi connectivity index (χ4n) is 1.78. The number of ether oxygens (including phenoxy) is 2. The average Bonchev–Trinajstić information content (AvgIpc) is 3.21. The SMILES string of the molecule is COc1ccc(OC)c(S(=O)(=O)N(C)C2CC2)c1. The van der Waals surface area contributed by atoms with Gasteiger partial charge in [-0.05, 0) is 25.0 Å². The smallest absolute Gasteiger partial charge is 0.246 e. The lowest BCUT2D eigenvalue weighted by Crippen LogP contribution is -2.29. The van der Waals surface area contributed by atoms with Crippen LogP contribution in [0.25, 0.3) is 0 Å². The Kier molecular flexibility index (Phi) is 3.49. The predicted molar refractivity (Wildman–Crippen MR) is 67.5 cm³/mol. The first-order chi connectivity index (χ1) is 8.50. The maximum atomic E-state index is 12.5. The summed E-state index contributed by atoms with van der Waals surface area (Å²) in [6.07, 6.45) is 1.84. The third-order valence-corrected chi connectivity index (χ3v) is 5.02. The Hall–Kier alpha value is -1.27. The molecule has 6 heteroatoms. The largest absolute Gasteiger partial charge is 0.497 e. The van der Waals surface area contributed by atoms with Crippen LogP contribution >= 0.6 is 0 Å². The molecule has 0 N–H and O–H groups in total. The van der Waals surface area contributed by atoms with Crippen LogP contribution in [-0.4, -0.2) is 40.0 Å². The van der Waals surface area contributed by atoms with E-state index in [1.807, 2.05) is 0 Å². The van der Waals surface area contributed by atoms with Crippen molar-refractivity contribution in [2.75, 3.05) is 21.3 Å². The highest BCUT2D eigenvalue weighted by molar-refractivity contribution is 7.89. The molecule has 0 aromatic heterocycles. The number of benzene rings is 1. The van der Waals surface area contributed by atoms with Crippen molar-refractivity contribution in [3.8, 4) is 11.5 Å². The van der Waals surface area contributed by atoms with E-state index < -0.39 is 10.0 Å². The van der Waals surface area contributed by atoms with Gasteiger partial charge in [0.2, 0.25) is 10.0 Å². The molecule has 0 unspecified atom stereocenters. The fourth-order valence-corrected chi connectivity index (χ4v) is 3.36. The summed E-state index contributed by atoms with van der Waals surface area (Å²) in [5.41, 5.74) is 0. The molecule has 18 heavy (non-hydrogen) atoms. The summed E-state index contributed by atoms with van der Waals surface area (Å²) in [4.78, 5) is 0.152. The molecular weight excluding hydrogens is 254 g/mol. The van der Waals surface area contributed by atoms with Crippen LogP contribution in [-0.2, 0) is 10.0 Å². The summed E-state index contributed by atoms with van der Waals surface area (Å²) in [7, 11) is 1.04. The van der Waals surface area contributed by atoms with Crippen LogP contribution in [0.15, 0.2) is 23.1 Å². The summed E-state index contributed by atoms with van der Waals surface area (Å²) in [5, 5.41) is 0. The van der Waals surface area contributed by atoms with E-state index in [1.54, 1.807) is 19.2 Å². The Morgan fingerprint density at radius 2 is 1.89 bits per heavy atom. The Morgan fingerprint density at radius 3 is 2.39 bits per heavy atom. The van der Waals surface area contributed by atoms with Crippen LogP contribution in [0.2, 0.25) is 0 Å². The second-order valence-corrected chi connectivity index (χ2v) is 6.24. The average molecular weight is 271 g/mol. The van der Waals surface area contributed by atoms with Crippen LogP contribution in [0.4, 0.5) is 0 Å². The van der Waals surface area contributed by atoms with Crippen molar-refractivity contribution in [2.24, 2.45) is 0 Å². The second kappa shape index (κ2) is 4.78. The van der Waals surface area contributed by atoms with Gasteiger partial charge in [-0.3, -0.25) is 0 Å². The summed E-state index contributed by atoms with van der Waals surface area (Å²) >= 11 is 0. The van der Waals surface area contributed by atoms with E-state index in [-0.39, 0.29) is 10.9 Å². The molecule has 0 heterocycles. The van der Waals surface area contributed by atoms with E-state index in [9.17, 15) is 8.42 Å². The van der Waals surface area contributed by atoms with E-state index in [0.29, 0.717) is 11.5 Å². The minimum Gasteiger partial charge on any atom is -0.497 e. The third-order valence-electron chi connectivity index (χ3n) is 3.09. The maximum absolute atomic E-state index is 12.5. The maximum Gasteiger partial charge on any atom is 0.246 e. The van der Waals surface area contributed by atoms with Crippen LogP contribution < -0.4 is 9.47 Å². The molecule has 0 aliphatic heterocycles. The molecule has 1 aromatic carbocycles. The van der Waals surface area contributed by atoms with Crippen molar-refractivity contribution >= 4 is 10.0 Å². The van der Waals surface area contributed by atoms with Gasteiger partial charge in [0, 0.05) is 19.2 Å². The van der Waals surface area contributed by atoms with Gasteiger partial charge in [0.25, 0.3) is 0 Å². The Morgan fingerprint density at radius 1 is 1.22 bits per heavy atom. The minimum atomic E-state index is -3.52. The van der Waals surface area contributed by atoms with Crippen molar-refractivity contribution in [1.29, 1.82) is 0 Å². The summed E-state index contributed by atoms with van der Waals surface area (Å²) in [5.74, 6) is 0.835. The molecule has 1 saturated carbocycles. The number of nitrogens with zero attached hydrogens (tertiary/aromatic N) is 1. The lowest BCUT2D eigenvalue weighted by atomic mass is 10.3. The quantitative estimate of drug-likeness (QED) is 0.814. The van der Waals surface area contributed by atoms with Crippen molar-refractivity contribution in [1.82, 2.24) is 4.31 Å². The number of sulfonamides is 1. The molecule has 0 saturated heterocycles. The summed E-state index contributed by atoms with van der Waals surface area (Å²) in [6, 6.07) is 4.89. The highest BCUT2D eigenvalue weighted by Gasteiger charge is 2.36. The van der Waals surface area contributed by atoms with Gasteiger partial charge in [-0.25, -0.2) is 8.42 Å². The molecule has 1 aliphatic rings. The number of methoxy groups -OCH3 is 2. The monoisotopic (exact) mass is 271 g/mol. The van der Waals surface area contributed by atoms with Gasteiger partial charge in [0.1, 0.15) is 16.4 Å². The fraction of sp³-hybridized carbons (Fsp3) is 0.500. The van der Waals surface area contributed by atoms with Crippen molar-refractivity contribution in [3.63, 3.8) is 0 Å². The zero-order valence-electron chi connectivity index (χ0n) is 10.7. The van der Waals surface area contributed by atoms with Crippen LogP contribution in [0.5, 0.6) is 11.5 Å². The van der Waals surface area contributed by atoms with Gasteiger partial charge < -0.3 is 9.47 Å². The zero-order valence-corrected chi connectivity index (χ0v) is 11.5. The topological polar surface area (TPSA) is 55.8 Å². The van der Waals surface area contributed by atoms with Gasteiger partial charge in [0.15, 0.2) is 0 Å². The van der Waals surface area contributed by atoms with Crippen LogP contribution in [0.3, 0.4) is 0 Å². The number of hydrogen-bond donors (Lipinski definition) is 0. The molecule has 0 spiro atoms. The summed E-state index contributed by atoms with van der Waals surface area (Å²) in [6.45, 7) is 0.